The maximum absolute atomic E-state index is 11.4. The zero-order valence-corrected chi connectivity index (χ0v) is 7.84. The standard InChI is InChI=1S/C11H12N2O/c14-9-3-4-11(5-6-11)8-2-1-7-12-10(8)13-9/h1-4,12H,5-7H2,(H,13,14). The van der Waals surface area contributed by atoms with Crippen molar-refractivity contribution in [3.63, 3.8) is 0 Å². The van der Waals surface area contributed by atoms with E-state index in [-0.39, 0.29) is 11.3 Å². The third kappa shape index (κ3) is 1.02. The van der Waals surface area contributed by atoms with Gasteiger partial charge in [-0.1, -0.05) is 18.2 Å². The number of nitrogens with one attached hydrogen (secondary N) is 2. The van der Waals surface area contributed by atoms with E-state index in [4.69, 9.17) is 0 Å². The van der Waals surface area contributed by atoms with Gasteiger partial charge in [-0.25, -0.2) is 0 Å². The molecule has 14 heavy (non-hydrogen) atoms. The molecule has 0 aromatic heterocycles. The van der Waals surface area contributed by atoms with E-state index in [9.17, 15) is 4.79 Å². The summed E-state index contributed by atoms with van der Waals surface area (Å²) in [5.41, 5.74) is 1.39. The first-order chi connectivity index (χ1) is 6.80. The summed E-state index contributed by atoms with van der Waals surface area (Å²) in [6, 6.07) is 0. The first-order valence-electron chi connectivity index (χ1n) is 4.96. The number of carbonyl (C=O) groups is 1. The van der Waals surface area contributed by atoms with Crippen molar-refractivity contribution in [3.05, 3.63) is 35.7 Å². The van der Waals surface area contributed by atoms with Crippen molar-refractivity contribution in [2.75, 3.05) is 6.54 Å². The lowest BCUT2D eigenvalue weighted by Gasteiger charge is -2.20. The highest BCUT2D eigenvalue weighted by Gasteiger charge is 2.45. The second-order valence-corrected chi connectivity index (χ2v) is 4.05. The van der Waals surface area contributed by atoms with Gasteiger partial charge in [0.2, 0.25) is 5.91 Å². The largest absolute Gasteiger partial charge is 0.368 e. The molecule has 1 fully saturated rings. The van der Waals surface area contributed by atoms with E-state index in [1.807, 2.05) is 6.08 Å². The Bertz CT molecular complexity index is 386. The van der Waals surface area contributed by atoms with Crippen LogP contribution in [0.25, 0.3) is 0 Å². The van der Waals surface area contributed by atoms with E-state index < -0.39 is 0 Å². The molecule has 3 nitrogen and oxygen atoms in total. The van der Waals surface area contributed by atoms with Crippen LogP contribution in [0.4, 0.5) is 0 Å². The van der Waals surface area contributed by atoms with Gasteiger partial charge in [-0.05, 0) is 12.8 Å². The van der Waals surface area contributed by atoms with Crippen LogP contribution in [-0.2, 0) is 4.79 Å². The number of amides is 1. The second kappa shape index (κ2) is 2.50. The molecule has 1 aliphatic carbocycles. The topological polar surface area (TPSA) is 41.1 Å². The van der Waals surface area contributed by atoms with Gasteiger partial charge in [0.25, 0.3) is 0 Å². The van der Waals surface area contributed by atoms with Crippen molar-refractivity contribution in [2.45, 2.75) is 12.8 Å². The predicted octanol–water partition coefficient (Wildman–Crippen LogP) is 0.824. The first-order valence-corrected chi connectivity index (χ1v) is 4.96. The van der Waals surface area contributed by atoms with Crippen LogP contribution >= 0.6 is 0 Å². The minimum atomic E-state index is -0.0240. The Balaban J connectivity index is 2.10. The SMILES string of the molecule is O=C1C=CC2(CC2)C2=C(NCC=C2)N1. The van der Waals surface area contributed by atoms with E-state index in [0.717, 1.165) is 25.2 Å². The minimum absolute atomic E-state index is 0.0240. The van der Waals surface area contributed by atoms with Crippen molar-refractivity contribution in [1.29, 1.82) is 0 Å². The summed E-state index contributed by atoms with van der Waals surface area (Å²) >= 11 is 0. The van der Waals surface area contributed by atoms with Crippen LogP contribution in [0.3, 0.4) is 0 Å². The number of dihydropyridines is 1. The molecule has 2 N–H and O–H groups in total. The van der Waals surface area contributed by atoms with Crippen LogP contribution < -0.4 is 10.6 Å². The van der Waals surface area contributed by atoms with Crippen LogP contribution in [0.2, 0.25) is 0 Å². The van der Waals surface area contributed by atoms with Gasteiger partial charge >= 0.3 is 0 Å². The smallest absolute Gasteiger partial charge is 0.249 e. The molecule has 1 spiro atoms. The lowest BCUT2D eigenvalue weighted by Crippen LogP contribution is -2.33. The second-order valence-electron chi connectivity index (χ2n) is 4.05. The first kappa shape index (κ1) is 7.85. The van der Waals surface area contributed by atoms with Gasteiger partial charge in [0.15, 0.2) is 0 Å². The van der Waals surface area contributed by atoms with Crippen LogP contribution in [0.15, 0.2) is 35.7 Å². The average molecular weight is 188 g/mol. The fourth-order valence-corrected chi connectivity index (χ4v) is 2.10. The molecule has 0 aromatic carbocycles. The van der Waals surface area contributed by atoms with Crippen molar-refractivity contribution in [1.82, 2.24) is 10.6 Å². The molecule has 0 atom stereocenters. The molecule has 0 saturated heterocycles. The summed E-state index contributed by atoms with van der Waals surface area (Å²) in [6.07, 6.45) is 10.2. The lowest BCUT2D eigenvalue weighted by molar-refractivity contribution is -0.115. The Morgan fingerprint density at radius 3 is 2.93 bits per heavy atom. The number of rotatable bonds is 0. The summed E-state index contributed by atoms with van der Waals surface area (Å²) in [5, 5.41) is 6.08. The number of hydrogen-bond acceptors (Lipinski definition) is 2. The quantitative estimate of drug-likeness (QED) is 0.591. The van der Waals surface area contributed by atoms with Gasteiger partial charge in [-0.3, -0.25) is 4.79 Å². The predicted molar refractivity (Wildman–Crippen MR) is 53.1 cm³/mol. The molecule has 0 bridgehead atoms. The Morgan fingerprint density at radius 2 is 2.14 bits per heavy atom. The molecule has 1 saturated carbocycles. The van der Waals surface area contributed by atoms with Crippen LogP contribution in [0.1, 0.15) is 12.8 Å². The van der Waals surface area contributed by atoms with Crippen molar-refractivity contribution < 1.29 is 4.79 Å². The molecule has 1 amide bonds. The highest BCUT2D eigenvalue weighted by Crippen LogP contribution is 2.55. The molecule has 2 heterocycles. The summed E-state index contributed by atoms with van der Waals surface area (Å²) in [5.74, 6) is 0.879. The van der Waals surface area contributed by atoms with E-state index in [1.165, 1.54) is 5.57 Å². The fourth-order valence-electron chi connectivity index (χ4n) is 2.10. The number of allylic oxidation sites excluding steroid dienone is 3. The van der Waals surface area contributed by atoms with Gasteiger partial charge in [-0.2, -0.15) is 0 Å². The number of carbonyl (C=O) groups excluding carboxylic acids is 1. The molecule has 2 aliphatic heterocycles. The maximum atomic E-state index is 11.4. The molecule has 0 radical (unpaired) electrons. The van der Waals surface area contributed by atoms with E-state index >= 15 is 0 Å². The lowest BCUT2D eigenvalue weighted by atomic mass is 9.94. The molecular weight excluding hydrogens is 176 g/mol. The average Bonchev–Trinajstić information content (AvgIpc) is 2.98. The Hall–Kier alpha value is -1.51. The Morgan fingerprint density at radius 1 is 1.29 bits per heavy atom. The molecule has 3 rings (SSSR count). The fraction of sp³-hybridized carbons (Fsp3) is 0.364. The van der Waals surface area contributed by atoms with Gasteiger partial charge < -0.3 is 10.6 Å². The highest BCUT2D eigenvalue weighted by molar-refractivity contribution is 5.90. The Kier molecular flexibility index (Phi) is 1.40. The summed E-state index contributed by atoms with van der Waals surface area (Å²) in [6.45, 7) is 0.801. The molecule has 3 heteroatoms. The number of hydrogen-bond donors (Lipinski definition) is 2. The van der Waals surface area contributed by atoms with Crippen molar-refractivity contribution in [2.24, 2.45) is 5.41 Å². The van der Waals surface area contributed by atoms with Crippen molar-refractivity contribution >= 4 is 5.91 Å². The number of fused-ring (bicyclic) bond motifs is 1. The summed E-state index contributed by atoms with van der Waals surface area (Å²) in [7, 11) is 0. The Labute approximate surface area is 82.6 Å². The zero-order chi connectivity index (χ0) is 9.60. The van der Waals surface area contributed by atoms with Gasteiger partial charge in [0.05, 0.1) is 0 Å². The van der Waals surface area contributed by atoms with E-state index in [1.54, 1.807) is 6.08 Å². The van der Waals surface area contributed by atoms with Gasteiger partial charge in [0, 0.05) is 23.6 Å². The van der Waals surface area contributed by atoms with Crippen LogP contribution in [0, 0.1) is 5.41 Å². The summed E-state index contributed by atoms with van der Waals surface area (Å²) in [4.78, 5) is 11.4. The molecule has 0 aromatic rings. The normalized spacial score (nSPS) is 26.7. The highest BCUT2D eigenvalue weighted by atomic mass is 16.1. The van der Waals surface area contributed by atoms with Gasteiger partial charge in [-0.15, -0.1) is 0 Å². The van der Waals surface area contributed by atoms with Crippen LogP contribution in [-0.4, -0.2) is 12.5 Å². The monoisotopic (exact) mass is 188 g/mol. The van der Waals surface area contributed by atoms with Gasteiger partial charge in [0.1, 0.15) is 5.82 Å². The minimum Gasteiger partial charge on any atom is -0.368 e. The summed E-state index contributed by atoms with van der Waals surface area (Å²) < 4.78 is 0. The third-order valence-corrected chi connectivity index (χ3v) is 3.08. The molecule has 72 valence electrons. The van der Waals surface area contributed by atoms with E-state index in [0.29, 0.717) is 0 Å². The molecule has 3 aliphatic rings. The molecular formula is C11H12N2O. The third-order valence-electron chi connectivity index (χ3n) is 3.08. The molecule has 0 unspecified atom stereocenters. The van der Waals surface area contributed by atoms with E-state index in [2.05, 4.69) is 22.8 Å². The zero-order valence-electron chi connectivity index (χ0n) is 7.84. The van der Waals surface area contributed by atoms with Crippen molar-refractivity contribution in [3.8, 4) is 0 Å². The maximum Gasteiger partial charge on any atom is 0.249 e. The van der Waals surface area contributed by atoms with Crippen LogP contribution in [0.5, 0.6) is 0 Å².